The lowest BCUT2D eigenvalue weighted by Crippen LogP contribution is -2.03. The Bertz CT molecular complexity index is 632. The van der Waals surface area contributed by atoms with Crippen LogP contribution in [0.2, 0.25) is 0 Å². The van der Waals surface area contributed by atoms with Gasteiger partial charge in [0.05, 0.1) is 5.69 Å². The molecule has 1 aromatic heterocycles. The minimum atomic E-state index is 0.555. The van der Waals surface area contributed by atoms with Crippen LogP contribution in [-0.2, 0) is 0 Å². The van der Waals surface area contributed by atoms with Gasteiger partial charge in [-0.05, 0) is 44.6 Å². The Morgan fingerprint density at radius 1 is 1.04 bits per heavy atom. The summed E-state index contributed by atoms with van der Waals surface area (Å²) in [5.41, 5.74) is 2.71. The highest BCUT2D eigenvalue weighted by molar-refractivity contribution is 5.72. The van der Waals surface area contributed by atoms with E-state index in [0.29, 0.717) is 5.95 Å². The molecule has 0 bridgehead atoms. The maximum absolute atomic E-state index is 4.53. The van der Waals surface area contributed by atoms with Crippen LogP contribution in [0.4, 0.5) is 5.95 Å². The van der Waals surface area contributed by atoms with Crippen LogP contribution in [0.3, 0.4) is 0 Å². The summed E-state index contributed by atoms with van der Waals surface area (Å²) in [5.74, 6) is 0.555. The Morgan fingerprint density at radius 2 is 1.71 bits per heavy atom. The van der Waals surface area contributed by atoms with Gasteiger partial charge in [-0.2, -0.15) is 0 Å². The molecule has 0 fully saturated rings. The normalized spacial score (nSPS) is 12.5. The average Bonchev–Trinajstić information content (AvgIpc) is 2.62. The van der Waals surface area contributed by atoms with Crippen LogP contribution in [0.25, 0.3) is 5.57 Å². The Kier molecular flexibility index (Phi) is 12.4. The molecule has 0 aliphatic rings. The lowest BCUT2D eigenvalue weighted by Gasteiger charge is -2.07. The van der Waals surface area contributed by atoms with Crippen molar-refractivity contribution in [3.8, 4) is 0 Å². The topological polar surface area (TPSA) is 37.8 Å². The van der Waals surface area contributed by atoms with E-state index < -0.39 is 0 Å². The van der Waals surface area contributed by atoms with Crippen LogP contribution in [0, 0.1) is 0 Å². The average molecular weight is 323 g/mol. The second-order valence-electron chi connectivity index (χ2n) is 4.39. The van der Waals surface area contributed by atoms with Crippen molar-refractivity contribution in [1.82, 2.24) is 9.97 Å². The number of nitrogens with one attached hydrogen (secondary N) is 1. The highest BCUT2D eigenvalue weighted by Crippen LogP contribution is 2.15. The van der Waals surface area contributed by atoms with E-state index in [1.165, 1.54) is 0 Å². The molecule has 0 aromatic carbocycles. The summed E-state index contributed by atoms with van der Waals surface area (Å²) >= 11 is 0. The van der Waals surface area contributed by atoms with E-state index in [0.717, 1.165) is 17.0 Å². The highest BCUT2D eigenvalue weighted by Gasteiger charge is 2.02. The van der Waals surface area contributed by atoms with Crippen molar-refractivity contribution in [3.05, 3.63) is 84.9 Å². The predicted octanol–water partition coefficient (Wildman–Crippen LogP) is 6.10. The van der Waals surface area contributed by atoms with Crippen molar-refractivity contribution in [2.75, 3.05) is 5.32 Å². The van der Waals surface area contributed by atoms with E-state index in [1.54, 1.807) is 12.3 Å². The summed E-state index contributed by atoms with van der Waals surface area (Å²) in [6, 6.07) is 1.87. The zero-order valence-corrected chi connectivity index (χ0v) is 15.5. The molecule has 128 valence electrons. The third-order valence-electron chi connectivity index (χ3n) is 2.71. The first-order chi connectivity index (χ1) is 11.7. The van der Waals surface area contributed by atoms with Crippen LogP contribution in [0.1, 0.15) is 40.3 Å². The van der Waals surface area contributed by atoms with Crippen LogP contribution >= 0.6 is 0 Å². The smallest absolute Gasteiger partial charge is 0.227 e. The Labute approximate surface area is 146 Å². The molecule has 0 saturated carbocycles. The van der Waals surface area contributed by atoms with Gasteiger partial charge < -0.3 is 5.32 Å². The molecule has 0 atom stereocenters. The van der Waals surface area contributed by atoms with E-state index in [9.17, 15) is 0 Å². The Hall–Kier alpha value is -2.68. The molecule has 0 amide bonds. The van der Waals surface area contributed by atoms with Gasteiger partial charge in [-0.3, -0.25) is 0 Å². The number of aromatic nitrogens is 2. The maximum atomic E-state index is 4.53. The molecule has 0 aliphatic carbocycles. The fraction of sp³-hybridized carbons (Fsp3) is 0.238. The molecule has 0 radical (unpaired) electrons. The number of allylic oxidation sites excluding steroid dienone is 10. The molecular weight excluding hydrogens is 294 g/mol. The van der Waals surface area contributed by atoms with Crippen LogP contribution in [-0.4, -0.2) is 9.97 Å². The van der Waals surface area contributed by atoms with Gasteiger partial charge in [-0.15, -0.1) is 0 Å². The number of anilines is 1. The minimum absolute atomic E-state index is 0.555. The third-order valence-corrected chi connectivity index (χ3v) is 2.71. The maximum Gasteiger partial charge on any atom is 0.227 e. The van der Waals surface area contributed by atoms with Gasteiger partial charge in [0.25, 0.3) is 0 Å². The molecule has 24 heavy (non-hydrogen) atoms. The fourth-order valence-electron chi connectivity index (χ4n) is 1.69. The summed E-state index contributed by atoms with van der Waals surface area (Å²) in [6.45, 7) is 13.8. The van der Waals surface area contributed by atoms with Crippen molar-refractivity contribution in [3.63, 3.8) is 0 Å². The van der Waals surface area contributed by atoms with E-state index in [-0.39, 0.29) is 0 Å². The van der Waals surface area contributed by atoms with Crippen LogP contribution < -0.4 is 5.32 Å². The standard InChI is InChI=1S/C19H23N3.C2H6/c1-5-9-12-16(8-4)18-14-15-20-19(22-18)21-17(11-7-3)13-10-6-2;1-2/h5-15H,4H2,1-3H3,(H,20,21,22);1-2H3/b9-5-,10-6-,11-7-,16-12+,17-13+;. The van der Waals surface area contributed by atoms with Gasteiger partial charge in [0.1, 0.15) is 0 Å². The molecule has 0 aliphatic heterocycles. The van der Waals surface area contributed by atoms with Gasteiger partial charge in [0.15, 0.2) is 0 Å². The van der Waals surface area contributed by atoms with Crippen LogP contribution in [0.5, 0.6) is 0 Å². The molecule has 0 spiro atoms. The Balaban J connectivity index is 0.00000254. The van der Waals surface area contributed by atoms with Crippen molar-refractivity contribution in [1.29, 1.82) is 0 Å². The summed E-state index contributed by atoms with van der Waals surface area (Å²) in [6.07, 6.45) is 19.3. The fourth-order valence-corrected chi connectivity index (χ4v) is 1.69. The summed E-state index contributed by atoms with van der Waals surface area (Å²) in [7, 11) is 0. The van der Waals surface area contributed by atoms with Crippen molar-refractivity contribution in [2.45, 2.75) is 34.6 Å². The van der Waals surface area contributed by atoms with Crippen LogP contribution in [0.15, 0.2) is 79.2 Å². The number of rotatable bonds is 7. The lowest BCUT2D eigenvalue weighted by atomic mass is 10.1. The van der Waals surface area contributed by atoms with Crippen molar-refractivity contribution >= 4 is 11.5 Å². The molecule has 1 heterocycles. The quantitative estimate of drug-likeness (QED) is 0.616. The Morgan fingerprint density at radius 3 is 2.29 bits per heavy atom. The number of hydrogen-bond acceptors (Lipinski definition) is 3. The van der Waals surface area contributed by atoms with Gasteiger partial charge in [0, 0.05) is 11.9 Å². The summed E-state index contributed by atoms with van der Waals surface area (Å²) in [5, 5.41) is 3.21. The highest BCUT2D eigenvalue weighted by atomic mass is 15.1. The van der Waals surface area contributed by atoms with Gasteiger partial charge >= 0.3 is 0 Å². The first kappa shape index (κ1) is 21.3. The van der Waals surface area contributed by atoms with Gasteiger partial charge in [-0.1, -0.05) is 63.0 Å². The minimum Gasteiger partial charge on any atom is -0.324 e. The second-order valence-corrected chi connectivity index (χ2v) is 4.39. The predicted molar refractivity (Wildman–Crippen MR) is 108 cm³/mol. The van der Waals surface area contributed by atoms with E-state index >= 15 is 0 Å². The SMILES string of the molecule is C=C/C(=C\C=C/C)c1ccnc(NC(/C=C\C)=C/C=C\C)n1.CC. The molecule has 0 saturated heterocycles. The zero-order chi connectivity index (χ0) is 18.2. The molecule has 3 heteroatoms. The van der Waals surface area contributed by atoms with E-state index in [2.05, 4.69) is 21.9 Å². The van der Waals surface area contributed by atoms with Gasteiger partial charge in [0.2, 0.25) is 5.95 Å². The monoisotopic (exact) mass is 323 g/mol. The molecular formula is C21H29N3. The number of nitrogens with zero attached hydrogens (tertiary/aromatic N) is 2. The molecule has 0 unspecified atom stereocenters. The van der Waals surface area contributed by atoms with Crippen molar-refractivity contribution in [2.24, 2.45) is 0 Å². The molecule has 3 nitrogen and oxygen atoms in total. The van der Waals surface area contributed by atoms with Gasteiger partial charge in [-0.25, -0.2) is 9.97 Å². The lowest BCUT2D eigenvalue weighted by molar-refractivity contribution is 1.13. The first-order valence-corrected chi connectivity index (χ1v) is 8.26. The molecule has 1 rings (SSSR count). The summed E-state index contributed by atoms with van der Waals surface area (Å²) < 4.78 is 0. The number of hydrogen-bond donors (Lipinski definition) is 1. The second kappa shape index (κ2) is 13.9. The largest absolute Gasteiger partial charge is 0.324 e. The molecule has 1 N–H and O–H groups in total. The van der Waals surface area contributed by atoms with E-state index in [1.807, 2.05) is 89.3 Å². The molecule has 1 aromatic rings. The zero-order valence-electron chi connectivity index (χ0n) is 15.5. The third kappa shape index (κ3) is 8.08. The summed E-state index contributed by atoms with van der Waals surface area (Å²) in [4.78, 5) is 8.80. The van der Waals surface area contributed by atoms with E-state index in [4.69, 9.17) is 0 Å². The first-order valence-electron chi connectivity index (χ1n) is 8.26. The van der Waals surface area contributed by atoms with Crippen molar-refractivity contribution < 1.29 is 0 Å².